The fraction of sp³-hybridized carbons (Fsp3) is 0.111. The lowest BCUT2D eigenvalue weighted by Crippen LogP contribution is -2.22. The number of carbonyl (C=O) groups excluding carboxylic acids is 1. The van der Waals surface area contributed by atoms with Crippen LogP contribution in [-0.4, -0.2) is 11.2 Å². The molecule has 5 aromatic carbocycles. The Hall–Kier alpha value is -4.43. The van der Waals surface area contributed by atoms with Gasteiger partial charge in [0, 0.05) is 21.8 Å². The van der Waals surface area contributed by atoms with E-state index in [0.29, 0.717) is 27.1 Å². The first-order valence-corrected chi connectivity index (χ1v) is 15.9. The number of halogens is 2. The van der Waals surface area contributed by atoms with E-state index in [2.05, 4.69) is 21.3 Å². The van der Waals surface area contributed by atoms with E-state index < -0.39 is 0 Å². The van der Waals surface area contributed by atoms with Gasteiger partial charge in [-0.15, -0.1) is 0 Å². The van der Waals surface area contributed by atoms with E-state index in [9.17, 15) is 4.79 Å². The average Bonchev–Trinajstić information content (AvgIpc) is 3.47. The van der Waals surface area contributed by atoms with Crippen molar-refractivity contribution in [1.82, 2.24) is 9.88 Å². The standard InChI is InChI=1S/C36H29Cl2N3O3S/c1-22(2)35-29(34(40-44-35)33-30(37)11-7-12-31(33)38)21-43-26-17-14-23(15-18-26)24-16-19-28-25(20-24)8-6-13-32(28)39-36(42)41-45-27-9-4-3-5-10-27/h3-20,22H,21H2,1-2H3,(H2,39,41,42). The number of hydrogen-bond donors (Lipinski definition) is 2. The molecular weight excluding hydrogens is 625 g/mol. The highest BCUT2D eigenvalue weighted by molar-refractivity contribution is 7.98. The summed E-state index contributed by atoms with van der Waals surface area (Å²) < 4.78 is 14.8. The number of amides is 2. The normalized spacial score (nSPS) is 11.1. The van der Waals surface area contributed by atoms with Crippen LogP contribution in [0.1, 0.15) is 31.1 Å². The summed E-state index contributed by atoms with van der Waals surface area (Å²) in [5, 5.41) is 10.2. The van der Waals surface area contributed by atoms with Gasteiger partial charge in [-0.3, -0.25) is 4.72 Å². The molecule has 0 aliphatic heterocycles. The highest BCUT2D eigenvalue weighted by atomic mass is 35.5. The van der Waals surface area contributed by atoms with E-state index in [4.69, 9.17) is 32.5 Å². The number of fused-ring (bicyclic) bond motifs is 1. The molecule has 0 spiro atoms. The maximum Gasteiger partial charge on any atom is 0.329 e. The molecule has 2 N–H and O–H groups in total. The fourth-order valence-electron chi connectivity index (χ4n) is 5.05. The van der Waals surface area contributed by atoms with Gasteiger partial charge in [0.25, 0.3) is 0 Å². The molecule has 0 aliphatic carbocycles. The van der Waals surface area contributed by atoms with Crippen LogP contribution in [0.15, 0.2) is 119 Å². The summed E-state index contributed by atoms with van der Waals surface area (Å²) in [6, 6.07) is 34.7. The molecule has 226 valence electrons. The van der Waals surface area contributed by atoms with Crippen molar-refractivity contribution in [2.45, 2.75) is 31.3 Å². The first-order chi connectivity index (χ1) is 21.9. The van der Waals surface area contributed by atoms with Gasteiger partial charge in [0.1, 0.15) is 23.8 Å². The topological polar surface area (TPSA) is 76.4 Å². The van der Waals surface area contributed by atoms with Crippen molar-refractivity contribution in [1.29, 1.82) is 0 Å². The van der Waals surface area contributed by atoms with Crippen LogP contribution in [0.3, 0.4) is 0 Å². The highest BCUT2D eigenvalue weighted by Gasteiger charge is 2.24. The van der Waals surface area contributed by atoms with E-state index in [1.165, 1.54) is 11.9 Å². The molecule has 0 radical (unpaired) electrons. The average molecular weight is 655 g/mol. The van der Waals surface area contributed by atoms with Crippen molar-refractivity contribution in [2.24, 2.45) is 0 Å². The van der Waals surface area contributed by atoms with E-state index in [-0.39, 0.29) is 18.6 Å². The Kier molecular flexibility index (Phi) is 9.31. The van der Waals surface area contributed by atoms with Crippen LogP contribution in [-0.2, 0) is 6.61 Å². The van der Waals surface area contributed by atoms with E-state index in [1.54, 1.807) is 18.2 Å². The summed E-state index contributed by atoms with van der Waals surface area (Å²) in [4.78, 5) is 13.5. The van der Waals surface area contributed by atoms with Gasteiger partial charge in [-0.05, 0) is 77.0 Å². The molecule has 0 bridgehead atoms. The Bertz CT molecular complexity index is 1940. The minimum atomic E-state index is -0.287. The summed E-state index contributed by atoms with van der Waals surface area (Å²) >= 11 is 14.2. The van der Waals surface area contributed by atoms with Gasteiger partial charge < -0.3 is 14.6 Å². The van der Waals surface area contributed by atoms with Gasteiger partial charge in [0.2, 0.25) is 0 Å². The van der Waals surface area contributed by atoms with Crippen molar-refractivity contribution in [2.75, 3.05) is 5.32 Å². The van der Waals surface area contributed by atoms with Crippen molar-refractivity contribution in [3.8, 4) is 28.1 Å². The van der Waals surface area contributed by atoms with Crippen LogP contribution in [0, 0.1) is 0 Å². The number of carbonyl (C=O) groups is 1. The Morgan fingerprint density at radius 2 is 1.58 bits per heavy atom. The quantitative estimate of drug-likeness (QED) is 0.152. The Labute approximate surface area is 275 Å². The maximum absolute atomic E-state index is 12.6. The summed E-state index contributed by atoms with van der Waals surface area (Å²) in [6.45, 7) is 4.33. The second-order valence-corrected chi connectivity index (χ2v) is 12.3. The second-order valence-electron chi connectivity index (χ2n) is 10.7. The molecular formula is C36H29Cl2N3O3S. The monoisotopic (exact) mass is 653 g/mol. The van der Waals surface area contributed by atoms with Gasteiger partial charge in [-0.1, -0.05) is 103 Å². The summed E-state index contributed by atoms with van der Waals surface area (Å²) in [6.07, 6.45) is 0. The van der Waals surface area contributed by atoms with Crippen molar-refractivity contribution in [3.63, 3.8) is 0 Å². The maximum atomic E-state index is 12.6. The Balaban J connectivity index is 1.16. The van der Waals surface area contributed by atoms with Gasteiger partial charge >= 0.3 is 6.03 Å². The number of rotatable bonds is 9. The minimum Gasteiger partial charge on any atom is -0.489 e. The zero-order valence-electron chi connectivity index (χ0n) is 24.5. The molecule has 0 aliphatic rings. The molecule has 0 saturated carbocycles. The zero-order chi connectivity index (χ0) is 31.3. The van der Waals surface area contributed by atoms with Crippen molar-refractivity contribution < 1.29 is 14.1 Å². The molecule has 0 saturated heterocycles. The third kappa shape index (κ3) is 6.96. The molecule has 45 heavy (non-hydrogen) atoms. The molecule has 9 heteroatoms. The molecule has 2 amide bonds. The number of nitrogens with one attached hydrogen (secondary N) is 2. The molecule has 6 nitrogen and oxygen atoms in total. The molecule has 6 rings (SSSR count). The first-order valence-electron chi connectivity index (χ1n) is 14.3. The largest absolute Gasteiger partial charge is 0.489 e. The third-order valence-electron chi connectivity index (χ3n) is 7.25. The lowest BCUT2D eigenvalue weighted by atomic mass is 10.00. The molecule has 0 atom stereocenters. The number of nitrogens with zero attached hydrogens (tertiary/aromatic N) is 1. The number of aromatic nitrogens is 1. The second kappa shape index (κ2) is 13.7. The van der Waals surface area contributed by atoms with E-state index >= 15 is 0 Å². The number of benzene rings is 5. The predicted molar refractivity (Wildman–Crippen MR) is 184 cm³/mol. The summed E-state index contributed by atoms with van der Waals surface area (Å²) in [5.41, 5.74) is 4.86. The van der Waals surface area contributed by atoms with E-state index in [1.807, 2.05) is 98.8 Å². The van der Waals surface area contributed by atoms with Crippen LogP contribution >= 0.6 is 35.1 Å². The van der Waals surface area contributed by atoms with Crippen LogP contribution < -0.4 is 14.8 Å². The highest BCUT2D eigenvalue weighted by Crippen LogP contribution is 2.39. The van der Waals surface area contributed by atoms with E-state index in [0.717, 1.165) is 43.8 Å². The lowest BCUT2D eigenvalue weighted by Gasteiger charge is -2.12. The predicted octanol–water partition coefficient (Wildman–Crippen LogP) is 11.0. The van der Waals surface area contributed by atoms with Gasteiger partial charge in [-0.2, -0.15) is 0 Å². The smallest absolute Gasteiger partial charge is 0.329 e. The fourth-order valence-corrected chi connectivity index (χ4v) is 6.18. The molecule has 1 heterocycles. The molecule has 0 unspecified atom stereocenters. The van der Waals surface area contributed by atoms with Gasteiger partial charge in [0.05, 0.1) is 21.3 Å². The van der Waals surface area contributed by atoms with Gasteiger partial charge in [0.15, 0.2) is 0 Å². The van der Waals surface area contributed by atoms with Crippen molar-refractivity contribution in [3.05, 3.63) is 131 Å². The third-order valence-corrected chi connectivity index (χ3v) is 8.67. The van der Waals surface area contributed by atoms with Crippen LogP contribution in [0.25, 0.3) is 33.2 Å². The molecule has 1 aromatic heterocycles. The lowest BCUT2D eigenvalue weighted by molar-refractivity contribution is 0.257. The first kappa shape index (κ1) is 30.6. The van der Waals surface area contributed by atoms with Crippen LogP contribution in [0.4, 0.5) is 10.5 Å². The Morgan fingerprint density at radius 1 is 0.867 bits per heavy atom. The van der Waals surface area contributed by atoms with Crippen molar-refractivity contribution >= 4 is 57.6 Å². The molecule has 6 aromatic rings. The molecule has 0 fully saturated rings. The number of anilines is 1. The Morgan fingerprint density at radius 3 is 2.31 bits per heavy atom. The van der Waals surface area contributed by atoms with Crippen LogP contribution in [0.5, 0.6) is 5.75 Å². The zero-order valence-corrected chi connectivity index (χ0v) is 26.8. The summed E-state index contributed by atoms with van der Waals surface area (Å²) in [5.74, 6) is 1.53. The van der Waals surface area contributed by atoms with Crippen LogP contribution in [0.2, 0.25) is 10.0 Å². The van der Waals surface area contributed by atoms with Gasteiger partial charge in [-0.25, -0.2) is 4.79 Å². The summed E-state index contributed by atoms with van der Waals surface area (Å²) in [7, 11) is 0. The number of hydrogen-bond acceptors (Lipinski definition) is 5. The SMILES string of the molecule is CC(C)c1onc(-c2c(Cl)cccc2Cl)c1COc1ccc(-c2ccc3c(NC(=O)NSc4ccccc4)cccc3c2)cc1. The number of urea groups is 1. The number of ether oxygens (including phenoxy) is 1. The minimum absolute atomic E-state index is 0.0969.